The van der Waals surface area contributed by atoms with Crippen molar-refractivity contribution in [1.29, 1.82) is 0 Å². The fourth-order valence-corrected chi connectivity index (χ4v) is 3.17. The summed E-state index contributed by atoms with van der Waals surface area (Å²) in [5.74, 6) is -0.0416. The summed E-state index contributed by atoms with van der Waals surface area (Å²) in [5, 5.41) is 0. The van der Waals surface area contributed by atoms with E-state index >= 15 is 0 Å². The van der Waals surface area contributed by atoms with Crippen LogP contribution in [-0.2, 0) is 4.74 Å². The highest BCUT2D eigenvalue weighted by atomic mass is 79.9. The van der Waals surface area contributed by atoms with Gasteiger partial charge in [-0.05, 0) is 12.1 Å². The van der Waals surface area contributed by atoms with Crippen molar-refractivity contribution < 1.29 is 19.1 Å². The highest BCUT2D eigenvalue weighted by Crippen LogP contribution is 2.42. The number of benzene rings is 2. The van der Waals surface area contributed by atoms with E-state index in [1.165, 1.54) is 7.11 Å². The van der Waals surface area contributed by atoms with Crippen LogP contribution < -0.4 is 4.74 Å². The summed E-state index contributed by atoms with van der Waals surface area (Å²) in [6.07, 6.45) is -0.702. The molecule has 1 aliphatic rings. The molecule has 22 heavy (non-hydrogen) atoms. The van der Waals surface area contributed by atoms with Gasteiger partial charge in [0.05, 0.1) is 18.2 Å². The minimum Gasteiger partial charge on any atom is -0.496 e. The molecule has 4 nitrogen and oxygen atoms in total. The van der Waals surface area contributed by atoms with Crippen molar-refractivity contribution in [2.45, 2.75) is 10.9 Å². The molecule has 2 aromatic rings. The number of halogens is 1. The predicted octanol–water partition coefficient (Wildman–Crippen LogP) is 3.55. The first kappa shape index (κ1) is 14.8. The SMILES string of the molecule is COc1cccc2c1C(C(Br)C(=O)c1ccccc1)OC2=O. The van der Waals surface area contributed by atoms with Gasteiger partial charge in [-0.15, -0.1) is 0 Å². The Morgan fingerprint density at radius 1 is 1.18 bits per heavy atom. The van der Waals surface area contributed by atoms with Gasteiger partial charge in [-0.2, -0.15) is 0 Å². The van der Waals surface area contributed by atoms with Gasteiger partial charge in [0.1, 0.15) is 10.6 Å². The molecule has 3 rings (SSSR count). The zero-order valence-electron chi connectivity index (χ0n) is 11.8. The number of hydrogen-bond acceptors (Lipinski definition) is 4. The minimum absolute atomic E-state index is 0.142. The fraction of sp³-hybridized carbons (Fsp3) is 0.176. The number of carbonyl (C=O) groups is 2. The second-order valence-electron chi connectivity index (χ2n) is 4.88. The zero-order valence-corrected chi connectivity index (χ0v) is 13.4. The van der Waals surface area contributed by atoms with E-state index in [4.69, 9.17) is 9.47 Å². The fourth-order valence-electron chi connectivity index (χ4n) is 2.54. The molecule has 0 bridgehead atoms. The molecule has 0 aliphatic carbocycles. The third-order valence-corrected chi connectivity index (χ3v) is 4.50. The van der Waals surface area contributed by atoms with Crippen molar-refractivity contribution in [3.63, 3.8) is 0 Å². The number of rotatable bonds is 4. The van der Waals surface area contributed by atoms with Crippen LogP contribution in [0.1, 0.15) is 32.4 Å². The van der Waals surface area contributed by atoms with Gasteiger partial charge in [0.25, 0.3) is 0 Å². The van der Waals surface area contributed by atoms with Gasteiger partial charge in [0.2, 0.25) is 0 Å². The van der Waals surface area contributed by atoms with Gasteiger partial charge in [0.15, 0.2) is 11.9 Å². The van der Waals surface area contributed by atoms with Crippen molar-refractivity contribution in [2.24, 2.45) is 0 Å². The molecule has 0 N–H and O–H groups in total. The standard InChI is InChI=1S/C17H13BrO4/c1-21-12-9-5-8-11-13(12)16(22-17(11)20)14(18)15(19)10-6-3-2-4-7-10/h2-9,14,16H,1H3. The van der Waals surface area contributed by atoms with Crippen LogP contribution in [0, 0.1) is 0 Å². The largest absolute Gasteiger partial charge is 0.496 e. The van der Waals surface area contributed by atoms with E-state index < -0.39 is 16.9 Å². The normalized spacial score (nSPS) is 17.5. The average molecular weight is 361 g/mol. The van der Waals surface area contributed by atoms with Gasteiger partial charge in [0, 0.05) is 5.56 Å². The van der Waals surface area contributed by atoms with E-state index in [9.17, 15) is 9.59 Å². The van der Waals surface area contributed by atoms with Crippen LogP contribution >= 0.6 is 15.9 Å². The Kier molecular flexibility index (Phi) is 3.98. The van der Waals surface area contributed by atoms with Crippen LogP contribution in [0.3, 0.4) is 0 Å². The Morgan fingerprint density at radius 2 is 1.91 bits per heavy atom. The first-order valence-corrected chi connectivity index (χ1v) is 7.66. The molecule has 0 spiro atoms. The summed E-state index contributed by atoms with van der Waals surface area (Å²) in [6.45, 7) is 0. The van der Waals surface area contributed by atoms with Crippen LogP contribution in [0.25, 0.3) is 0 Å². The van der Waals surface area contributed by atoms with Crippen molar-refractivity contribution in [2.75, 3.05) is 7.11 Å². The number of alkyl halides is 1. The topological polar surface area (TPSA) is 52.6 Å². The van der Waals surface area contributed by atoms with Gasteiger partial charge in [-0.1, -0.05) is 52.3 Å². The van der Waals surface area contributed by atoms with E-state index in [0.29, 0.717) is 22.4 Å². The number of methoxy groups -OCH3 is 1. The number of ether oxygens (including phenoxy) is 2. The van der Waals surface area contributed by atoms with Crippen LogP contribution in [0.2, 0.25) is 0 Å². The third-order valence-electron chi connectivity index (χ3n) is 3.60. The predicted molar refractivity (Wildman–Crippen MR) is 84.6 cm³/mol. The maximum absolute atomic E-state index is 12.6. The summed E-state index contributed by atoms with van der Waals surface area (Å²) in [6, 6.07) is 14.0. The number of cyclic esters (lactones) is 1. The maximum atomic E-state index is 12.6. The average Bonchev–Trinajstić information content (AvgIpc) is 2.91. The van der Waals surface area contributed by atoms with Crippen LogP contribution in [0.5, 0.6) is 5.75 Å². The second-order valence-corrected chi connectivity index (χ2v) is 5.87. The Hall–Kier alpha value is -2.14. The molecular weight excluding hydrogens is 348 g/mol. The molecule has 0 saturated heterocycles. The summed E-state index contributed by atoms with van der Waals surface area (Å²) in [4.78, 5) is 23.9. The smallest absolute Gasteiger partial charge is 0.339 e. The Bertz CT molecular complexity index is 727. The number of carbonyl (C=O) groups excluding carboxylic acids is 2. The molecule has 2 atom stereocenters. The van der Waals surface area contributed by atoms with E-state index in [0.717, 1.165) is 0 Å². The van der Waals surface area contributed by atoms with Gasteiger partial charge >= 0.3 is 5.97 Å². The van der Waals surface area contributed by atoms with Crippen molar-refractivity contribution in [3.8, 4) is 5.75 Å². The quantitative estimate of drug-likeness (QED) is 0.475. The molecule has 2 aromatic carbocycles. The summed E-state index contributed by atoms with van der Waals surface area (Å²) in [5.41, 5.74) is 1.61. The maximum Gasteiger partial charge on any atom is 0.339 e. The first-order valence-electron chi connectivity index (χ1n) is 6.74. The molecule has 0 saturated carbocycles. The van der Waals surface area contributed by atoms with Crippen molar-refractivity contribution >= 4 is 27.7 Å². The first-order chi connectivity index (χ1) is 10.6. The Balaban J connectivity index is 1.98. The molecule has 0 amide bonds. The number of fused-ring (bicyclic) bond motifs is 1. The summed E-state index contributed by atoms with van der Waals surface area (Å²) in [7, 11) is 1.53. The monoisotopic (exact) mass is 360 g/mol. The number of ketones is 1. The molecule has 1 aliphatic heterocycles. The van der Waals surface area contributed by atoms with E-state index in [1.54, 1.807) is 42.5 Å². The molecule has 0 radical (unpaired) electrons. The van der Waals surface area contributed by atoms with E-state index in [-0.39, 0.29) is 5.78 Å². The van der Waals surface area contributed by atoms with Crippen molar-refractivity contribution in [3.05, 3.63) is 65.2 Å². The van der Waals surface area contributed by atoms with Gasteiger partial charge < -0.3 is 9.47 Å². The van der Waals surface area contributed by atoms with Gasteiger partial charge in [-0.25, -0.2) is 4.79 Å². The lowest BCUT2D eigenvalue weighted by Gasteiger charge is -2.18. The number of hydrogen-bond donors (Lipinski definition) is 0. The zero-order chi connectivity index (χ0) is 15.7. The lowest BCUT2D eigenvalue weighted by atomic mass is 9.97. The molecule has 1 heterocycles. The summed E-state index contributed by atoms with van der Waals surface area (Å²) < 4.78 is 10.7. The van der Waals surface area contributed by atoms with Gasteiger partial charge in [-0.3, -0.25) is 4.79 Å². The molecule has 2 unspecified atom stereocenters. The Morgan fingerprint density at radius 3 is 2.59 bits per heavy atom. The third kappa shape index (κ3) is 2.41. The molecule has 0 aromatic heterocycles. The van der Waals surface area contributed by atoms with Crippen LogP contribution in [0.4, 0.5) is 0 Å². The molecule has 112 valence electrons. The van der Waals surface area contributed by atoms with E-state index in [1.807, 2.05) is 6.07 Å². The number of Topliss-reactive ketones (excluding diaryl/α,β-unsaturated/α-hetero) is 1. The van der Waals surface area contributed by atoms with E-state index in [2.05, 4.69) is 15.9 Å². The minimum atomic E-state index is -0.702. The highest BCUT2D eigenvalue weighted by Gasteiger charge is 2.41. The lowest BCUT2D eigenvalue weighted by Crippen LogP contribution is -2.23. The molecule has 0 fully saturated rings. The Labute approximate surface area is 136 Å². The van der Waals surface area contributed by atoms with Crippen molar-refractivity contribution in [1.82, 2.24) is 0 Å². The molecule has 5 heteroatoms. The molecular formula is C17H13BrO4. The second kappa shape index (κ2) is 5.93. The lowest BCUT2D eigenvalue weighted by molar-refractivity contribution is 0.0380. The summed E-state index contributed by atoms with van der Waals surface area (Å²) >= 11 is 3.39. The van der Waals surface area contributed by atoms with Crippen LogP contribution in [-0.4, -0.2) is 23.7 Å². The highest BCUT2D eigenvalue weighted by molar-refractivity contribution is 9.10. The van der Waals surface area contributed by atoms with Crippen LogP contribution in [0.15, 0.2) is 48.5 Å². The number of esters is 1.